The number of nitro groups is 1. The first-order valence-corrected chi connectivity index (χ1v) is 7.74. The van der Waals surface area contributed by atoms with Crippen LogP contribution in [0.5, 0.6) is 34.8 Å². The Morgan fingerprint density at radius 3 is 2.00 bits per heavy atom. The van der Waals surface area contributed by atoms with Gasteiger partial charge in [0.1, 0.15) is 17.8 Å². The molecule has 0 aliphatic rings. The van der Waals surface area contributed by atoms with Gasteiger partial charge in [-0.1, -0.05) is 12.1 Å². The van der Waals surface area contributed by atoms with E-state index >= 15 is 0 Å². The summed E-state index contributed by atoms with van der Waals surface area (Å²) in [5.41, 5.74) is -0.501. The van der Waals surface area contributed by atoms with Crippen molar-refractivity contribution < 1.29 is 23.9 Å². The first-order chi connectivity index (χ1) is 13.1. The second kappa shape index (κ2) is 8.00. The maximum absolute atomic E-state index is 11.6. The lowest BCUT2D eigenvalue weighted by Gasteiger charge is -2.11. The van der Waals surface area contributed by atoms with Gasteiger partial charge in [0.25, 0.3) is 0 Å². The highest BCUT2D eigenvalue weighted by molar-refractivity contribution is 5.53. The van der Waals surface area contributed by atoms with Crippen LogP contribution in [0, 0.1) is 10.1 Å². The van der Waals surface area contributed by atoms with Gasteiger partial charge in [-0.15, -0.1) is 0 Å². The van der Waals surface area contributed by atoms with Crippen LogP contribution in [0.2, 0.25) is 0 Å². The van der Waals surface area contributed by atoms with Gasteiger partial charge in [-0.05, 0) is 36.4 Å². The number of hydrogen-bond donors (Lipinski definition) is 0. The van der Waals surface area contributed by atoms with E-state index in [9.17, 15) is 10.1 Å². The summed E-state index contributed by atoms with van der Waals surface area (Å²) in [4.78, 5) is 18.7. The van der Waals surface area contributed by atoms with Crippen LogP contribution in [0.4, 0.5) is 5.69 Å². The molecule has 0 fully saturated rings. The number of methoxy groups -OCH3 is 2. The SMILES string of the molecule is COc1ccc(Oc2ncnc(Oc3ccccc3OC)c2[N+](=O)[O-])cc1. The maximum atomic E-state index is 11.6. The van der Waals surface area contributed by atoms with Crippen LogP contribution in [0.1, 0.15) is 0 Å². The lowest BCUT2D eigenvalue weighted by atomic mass is 10.3. The Hall–Kier alpha value is -3.88. The Bertz CT molecular complexity index is 946. The summed E-state index contributed by atoms with van der Waals surface area (Å²) in [5, 5.41) is 11.6. The molecule has 1 aromatic heterocycles. The van der Waals surface area contributed by atoms with Crippen molar-refractivity contribution in [2.24, 2.45) is 0 Å². The van der Waals surface area contributed by atoms with Gasteiger partial charge in [0.2, 0.25) is 0 Å². The maximum Gasteiger partial charge on any atom is 0.393 e. The molecule has 9 nitrogen and oxygen atoms in total. The first-order valence-electron chi connectivity index (χ1n) is 7.74. The van der Waals surface area contributed by atoms with E-state index in [1.807, 2.05) is 0 Å². The number of hydrogen-bond acceptors (Lipinski definition) is 8. The molecular formula is C18H15N3O6. The summed E-state index contributed by atoms with van der Waals surface area (Å²) >= 11 is 0. The summed E-state index contributed by atoms with van der Waals surface area (Å²) < 4.78 is 21.4. The van der Waals surface area contributed by atoms with Crippen LogP contribution in [0.25, 0.3) is 0 Å². The van der Waals surface area contributed by atoms with E-state index in [4.69, 9.17) is 18.9 Å². The Morgan fingerprint density at radius 1 is 0.815 bits per heavy atom. The van der Waals surface area contributed by atoms with Crippen LogP contribution in [0.3, 0.4) is 0 Å². The molecule has 0 saturated carbocycles. The van der Waals surface area contributed by atoms with Crippen molar-refractivity contribution in [2.75, 3.05) is 14.2 Å². The molecule has 2 aromatic carbocycles. The Balaban J connectivity index is 1.95. The fraction of sp³-hybridized carbons (Fsp3) is 0.111. The number of nitrogens with zero attached hydrogens (tertiary/aromatic N) is 3. The van der Waals surface area contributed by atoms with Gasteiger partial charge in [-0.25, -0.2) is 0 Å². The fourth-order valence-corrected chi connectivity index (χ4v) is 2.22. The quantitative estimate of drug-likeness (QED) is 0.455. The number of ether oxygens (including phenoxy) is 4. The van der Waals surface area contributed by atoms with E-state index in [-0.39, 0.29) is 17.5 Å². The average Bonchev–Trinajstić information content (AvgIpc) is 2.69. The predicted molar refractivity (Wildman–Crippen MR) is 94.8 cm³/mol. The highest BCUT2D eigenvalue weighted by Crippen LogP contribution is 2.39. The molecule has 27 heavy (non-hydrogen) atoms. The third kappa shape index (κ3) is 4.03. The van der Waals surface area contributed by atoms with Gasteiger partial charge in [-0.2, -0.15) is 9.97 Å². The molecule has 1 heterocycles. The first kappa shape index (κ1) is 17.9. The van der Waals surface area contributed by atoms with Crippen LogP contribution < -0.4 is 18.9 Å². The van der Waals surface area contributed by atoms with Crippen molar-refractivity contribution in [1.82, 2.24) is 9.97 Å². The molecule has 138 valence electrons. The molecule has 0 bridgehead atoms. The van der Waals surface area contributed by atoms with E-state index in [0.29, 0.717) is 17.2 Å². The zero-order chi connectivity index (χ0) is 19.2. The van der Waals surface area contributed by atoms with Gasteiger partial charge >= 0.3 is 17.4 Å². The van der Waals surface area contributed by atoms with Crippen LogP contribution in [-0.4, -0.2) is 29.1 Å². The molecule has 9 heteroatoms. The number of rotatable bonds is 7. The molecule has 0 saturated heterocycles. The zero-order valence-corrected chi connectivity index (χ0v) is 14.5. The van der Waals surface area contributed by atoms with Crippen molar-refractivity contribution in [1.29, 1.82) is 0 Å². The van der Waals surface area contributed by atoms with E-state index in [0.717, 1.165) is 6.33 Å². The van der Waals surface area contributed by atoms with Gasteiger partial charge in [0.15, 0.2) is 11.5 Å². The second-order valence-electron chi connectivity index (χ2n) is 5.12. The predicted octanol–water partition coefficient (Wildman–Crippen LogP) is 3.99. The van der Waals surface area contributed by atoms with Gasteiger partial charge in [-0.3, -0.25) is 10.1 Å². The van der Waals surface area contributed by atoms with Gasteiger partial charge in [0, 0.05) is 0 Å². The van der Waals surface area contributed by atoms with Crippen molar-refractivity contribution in [3.8, 4) is 34.8 Å². The lowest BCUT2D eigenvalue weighted by molar-refractivity contribution is -0.387. The molecular weight excluding hydrogens is 354 g/mol. The summed E-state index contributed by atoms with van der Waals surface area (Å²) in [6.45, 7) is 0. The van der Waals surface area contributed by atoms with E-state index < -0.39 is 10.6 Å². The third-order valence-electron chi connectivity index (χ3n) is 3.49. The van der Waals surface area contributed by atoms with Crippen LogP contribution >= 0.6 is 0 Å². The monoisotopic (exact) mass is 369 g/mol. The molecule has 3 rings (SSSR count). The number of aromatic nitrogens is 2. The minimum atomic E-state index is -0.663. The molecule has 3 aromatic rings. The van der Waals surface area contributed by atoms with Crippen molar-refractivity contribution in [2.45, 2.75) is 0 Å². The minimum absolute atomic E-state index is 0.245. The highest BCUT2D eigenvalue weighted by Gasteiger charge is 2.27. The van der Waals surface area contributed by atoms with Crippen molar-refractivity contribution in [3.63, 3.8) is 0 Å². The fourth-order valence-electron chi connectivity index (χ4n) is 2.22. The van der Waals surface area contributed by atoms with Gasteiger partial charge in [0.05, 0.1) is 19.1 Å². The van der Waals surface area contributed by atoms with Gasteiger partial charge < -0.3 is 18.9 Å². The van der Waals surface area contributed by atoms with E-state index in [1.165, 1.54) is 14.2 Å². The molecule has 0 spiro atoms. The summed E-state index contributed by atoms with van der Waals surface area (Å²) in [5.74, 6) is 1.15. The molecule has 0 aliphatic carbocycles. The normalized spacial score (nSPS) is 10.1. The topological polar surface area (TPSA) is 106 Å². The summed E-state index contributed by atoms with van der Waals surface area (Å²) in [6, 6.07) is 13.3. The van der Waals surface area contributed by atoms with Crippen molar-refractivity contribution in [3.05, 3.63) is 65.0 Å². The third-order valence-corrected chi connectivity index (χ3v) is 3.49. The highest BCUT2D eigenvalue weighted by atomic mass is 16.6. The molecule has 0 amide bonds. The van der Waals surface area contributed by atoms with Crippen molar-refractivity contribution >= 4 is 5.69 Å². The Labute approximate surface area is 154 Å². The zero-order valence-electron chi connectivity index (χ0n) is 14.5. The van der Waals surface area contributed by atoms with E-state index in [1.54, 1.807) is 48.5 Å². The largest absolute Gasteiger partial charge is 0.497 e. The standard InChI is InChI=1S/C18H15N3O6/c1-24-12-7-9-13(10-8-12)26-17-16(21(22)23)18(20-11-19-17)27-15-6-4-3-5-14(15)25-2/h3-11H,1-2H3. The molecule has 0 aliphatic heterocycles. The number of benzene rings is 2. The molecule has 0 atom stereocenters. The van der Waals surface area contributed by atoms with Crippen LogP contribution in [-0.2, 0) is 0 Å². The van der Waals surface area contributed by atoms with E-state index in [2.05, 4.69) is 9.97 Å². The Kier molecular flexibility index (Phi) is 5.31. The Morgan fingerprint density at radius 2 is 1.41 bits per heavy atom. The lowest BCUT2D eigenvalue weighted by Crippen LogP contribution is -2.01. The molecule has 0 unspecified atom stereocenters. The van der Waals surface area contributed by atoms with Crippen LogP contribution in [0.15, 0.2) is 54.9 Å². The summed E-state index contributed by atoms with van der Waals surface area (Å²) in [6.07, 6.45) is 1.12. The molecule has 0 N–H and O–H groups in total. The smallest absolute Gasteiger partial charge is 0.393 e. The second-order valence-corrected chi connectivity index (χ2v) is 5.12. The number of para-hydroxylation sites is 2. The summed E-state index contributed by atoms with van der Waals surface area (Å²) in [7, 11) is 3.00. The molecule has 0 radical (unpaired) electrons. The average molecular weight is 369 g/mol. The minimum Gasteiger partial charge on any atom is -0.497 e.